The molecule has 1 atom stereocenters. The van der Waals surface area contributed by atoms with E-state index in [1.54, 1.807) is 26.4 Å². The summed E-state index contributed by atoms with van der Waals surface area (Å²) in [6, 6.07) is 6.81. The van der Waals surface area contributed by atoms with E-state index in [1.165, 1.54) is 38.2 Å². The number of hydrogen-bond acceptors (Lipinski definition) is 3. The smallest absolute Gasteiger partial charge is 0.285 e. The molecule has 27 heavy (non-hydrogen) atoms. The van der Waals surface area contributed by atoms with Gasteiger partial charge in [0.15, 0.2) is 0 Å². The third-order valence-electron chi connectivity index (χ3n) is 5.05. The lowest BCUT2D eigenvalue weighted by molar-refractivity contribution is -0.399. The highest BCUT2D eigenvalue weighted by Crippen LogP contribution is 2.34. The first-order chi connectivity index (χ1) is 13.0. The van der Waals surface area contributed by atoms with E-state index in [9.17, 15) is 4.39 Å². The van der Waals surface area contributed by atoms with Crippen LogP contribution in [0.25, 0.3) is 0 Å². The zero-order valence-electron chi connectivity index (χ0n) is 17.9. The van der Waals surface area contributed by atoms with E-state index in [4.69, 9.17) is 14.2 Å². The molecule has 0 amide bonds. The molecule has 156 valence electrons. The summed E-state index contributed by atoms with van der Waals surface area (Å²) in [5.41, 5.74) is 0.994. The molecular weight excluding hydrogens is 343 g/mol. The number of methoxy groups -OCH3 is 2. The van der Waals surface area contributed by atoms with Crippen molar-refractivity contribution in [3.63, 3.8) is 0 Å². The monoisotopic (exact) mass is 382 g/mol. The van der Waals surface area contributed by atoms with Crippen molar-refractivity contribution in [1.29, 1.82) is 0 Å². The van der Waals surface area contributed by atoms with E-state index >= 15 is 0 Å². The van der Waals surface area contributed by atoms with Gasteiger partial charge in [0, 0.05) is 20.1 Å². The van der Waals surface area contributed by atoms with Gasteiger partial charge >= 0.3 is 0 Å². The highest BCUT2D eigenvalue weighted by Gasteiger charge is 2.41. The van der Waals surface area contributed by atoms with Crippen LogP contribution in [0.2, 0.25) is 0 Å². The lowest BCUT2D eigenvalue weighted by atomic mass is 9.91. The van der Waals surface area contributed by atoms with E-state index in [2.05, 4.69) is 6.92 Å². The number of benzene rings is 1. The minimum absolute atomic E-state index is 0.00822. The highest BCUT2D eigenvalue weighted by molar-refractivity contribution is 5.16. The molecule has 0 aliphatic heterocycles. The summed E-state index contributed by atoms with van der Waals surface area (Å²) < 4.78 is 31.1. The van der Waals surface area contributed by atoms with E-state index in [0.29, 0.717) is 0 Å². The van der Waals surface area contributed by atoms with Crippen LogP contribution in [0.4, 0.5) is 4.39 Å². The van der Waals surface area contributed by atoms with Crippen molar-refractivity contribution in [3.05, 3.63) is 35.6 Å². The van der Waals surface area contributed by atoms with Crippen LogP contribution in [0.3, 0.4) is 0 Å². The minimum atomic E-state index is -1.05. The number of aryl methyl sites for hydroxylation is 1. The third-order valence-corrected chi connectivity index (χ3v) is 5.05. The highest BCUT2D eigenvalue weighted by atomic mass is 19.1. The molecular formula is C23H39FO3. The molecule has 4 heteroatoms. The summed E-state index contributed by atoms with van der Waals surface area (Å²) in [6.45, 7) is 6.21. The molecule has 0 N–H and O–H groups in total. The Labute approximate surface area is 165 Å². The number of halogens is 1. The SMILES string of the molecule is CCCCCCCCC(CCc1cccc(F)c1)C(OC)(OC)OC(C)C. The van der Waals surface area contributed by atoms with Gasteiger partial charge in [-0.1, -0.05) is 57.6 Å². The molecule has 0 saturated carbocycles. The van der Waals surface area contributed by atoms with E-state index < -0.39 is 5.97 Å². The standard InChI is InChI=1S/C23H39FO3/c1-6-7-8-9-10-11-14-21(23(25-4,26-5)27-19(2)3)17-16-20-13-12-15-22(24)18-20/h12-13,15,18-19,21H,6-11,14,16-17H2,1-5H3. The Balaban J connectivity index is 2.76. The summed E-state index contributed by atoms with van der Waals surface area (Å²) in [4.78, 5) is 0. The minimum Gasteiger partial charge on any atom is -0.331 e. The first-order valence-corrected chi connectivity index (χ1v) is 10.5. The van der Waals surface area contributed by atoms with Crippen molar-refractivity contribution >= 4 is 0 Å². The first-order valence-electron chi connectivity index (χ1n) is 10.5. The van der Waals surface area contributed by atoms with Crippen molar-refractivity contribution in [2.75, 3.05) is 14.2 Å². The second kappa shape index (κ2) is 13.2. The first kappa shape index (κ1) is 24.1. The van der Waals surface area contributed by atoms with Crippen LogP contribution in [0, 0.1) is 11.7 Å². The second-order valence-corrected chi connectivity index (χ2v) is 7.60. The lowest BCUT2D eigenvalue weighted by Crippen LogP contribution is -2.46. The van der Waals surface area contributed by atoms with Gasteiger partial charge in [0.1, 0.15) is 5.82 Å². The van der Waals surface area contributed by atoms with Crippen LogP contribution >= 0.6 is 0 Å². The van der Waals surface area contributed by atoms with Crippen LogP contribution in [0.1, 0.15) is 77.7 Å². The predicted octanol–water partition coefficient (Wildman–Crippen LogP) is 6.50. The summed E-state index contributed by atoms with van der Waals surface area (Å²) in [7, 11) is 3.28. The van der Waals surface area contributed by atoms with Crippen LogP contribution < -0.4 is 0 Å². The summed E-state index contributed by atoms with van der Waals surface area (Å²) in [6.07, 6.45) is 10.0. The fourth-order valence-corrected chi connectivity index (χ4v) is 3.64. The Kier molecular flexibility index (Phi) is 11.8. The molecule has 1 rings (SSSR count). The van der Waals surface area contributed by atoms with Crippen LogP contribution in [0.15, 0.2) is 24.3 Å². The van der Waals surface area contributed by atoms with Crippen molar-refractivity contribution in [2.45, 2.75) is 90.6 Å². The lowest BCUT2D eigenvalue weighted by Gasteiger charge is -2.39. The maximum absolute atomic E-state index is 13.5. The summed E-state index contributed by atoms with van der Waals surface area (Å²) in [5, 5.41) is 0. The van der Waals surface area contributed by atoms with E-state index in [-0.39, 0.29) is 17.8 Å². The van der Waals surface area contributed by atoms with Gasteiger partial charge in [-0.15, -0.1) is 0 Å². The van der Waals surface area contributed by atoms with Gasteiger partial charge in [-0.25, -0.2) is 4.39 Å². The Morgan fingerprint density at radius 3 is 2.22 bits per heavy atom. The summed E-state index contributed by atoms with van der Waals surface area (Å²) >= 11 is 0. The van der Waals surface area contributed by atoms with Crippen molar-refractivity contribution in [2.24, 2.45) is 5.92 Å². The molecule has 0 aliphatic rings. The van der Waals surface area contributed by atoms with Crippen LogP contribution in [-0.2, 0) is 20.6 Å². The zero-order valence-corrected chi connectivity index (χ0v) is 17.9. The van der Waals surface area contributed by atoms with Gasteiger partial charge in [-0.05, 0) is 50.8 Å². The molecule has 0 heterocycles. The van der Waals surface area contributed by atoms with Gasteiger partial charge in [-0.2, -0.15) is 0 Å². The average Bonchev–Trinajstić information content (AvgIpc) is 2.65. The average molecular weight is 383 g/mol. The molecule has 1 unspecified atom stereocenters. The molecule has 0 aliphatic carbocycles. The van der Waals surface area contributed by atoms with Gasteiger partial charge < -0.3 is 14.2 Å². The van der Waals surface area contributed by atoms with Gasteiger partial charge in [0.2, 0.25) is 0 Å². The molecule has 1 aromatic rings. The Hall–Kier alpha value is -0.970. The number of rotatable bonds is 15. The molecule has 0 aromatic heterocycles. The van der Waals surface area contributed by atoms with E-state index in [1.807, 2.05) is 19.9 Å². The predicted molar refractivity (Wildman–Crippen MR) is 109 cm³/mol. The Bertz CT molecular complexity index is 500. The molecule has 0 fully saturated rings. The van der Waals surface area contributed by atoms with Crippen molar-refractivity contribution < 1.29 is 18.6 Å². The summed E-state index contributed by atoms with van der Waals surface area (Å²) in [5.74, 6) is -1.15. The van der Waals surface area contributed by atoms with E-state index in [0.717, 1.165) is 31.2 Å². The normalized spacial score (nSPS) is 13.3. The molecule has 3 nitrogen and oxygen atoms in total. The molecule has 0 spiro atoms. The topological polar surface area (TPSA) is 27.7 Å². The number of unbranched alkanes of at least 4 members (excludes halogenated alkanes) is 5. The molecule has 1 aromatic carbocycles. The van der Waals surface area contributed by atoms with Crippen LogP contribution in [-0.4, -0.2) is 26.3 Å². The van der Waals surface area contributed by atoms with Gasteiger partial charge in [-0.3, -0.25) is 0 Å². The van der Waals surface area contributed by atoms with Gasteiger partial charge in [0.25, 0.3) is 5.97 Å². The largest absolute Gasteiger partial charge is 0.331 e. The zero-order chi connectivity index (χ0) is 20.1. The van der Waals surface area contributed by atoms with Crippen LogP contribution in [0.5, 0.6) is 0 Å². The number of ether oxygens (including phenoxy) is 3. The quantitative estimate of drug-likeness (QED) is 0.256. The molecule has 0 radical (unpaired) electrons. The second-order valence-electron chi connectivity index (χ2n) is 7.60. The maximum atomic E-state index is 13.5. The fourth-order valence-electron chi connectivity index (χ4n) is 3.64. The fraction of sp³-hybridized carbons (Fsp3) is 0.739. The molecule has 0 bridgehead atoms. The maximum Gasteiger partial charge on any atom is 0.285 e. The van der Waals surface area contributed by atoms with Gasteiger partial charge in [0.05, 0.1) is 6.10 Å². The Morgan fingerprint density at radius 1 is 0.963 bits per heavy atom. The molecule has 0 saturated heterocycles. The van der Waals surface area contributed by atoms with Crippen molar-refractivity contribution in [1.82, 2.24) is 0 Å². The Morgan fingerprint density at radius 2 is 1.63 bits per heavy atom. The third kappa shape index (κ3) is 8.71. The number of hydrogen-bond donors (Lipinski definition) is 0. The van der Waals surface area contributed by atoms with Crippen molar-refractivity contribution in [3.8, 4) is 0 Å².